The summed E-state index contributed by atoms with van der Waals surface area (Å²) in [6.07, 6.45) is 2.91. The molecule has 0 aromatic heterocycles. The van der Waals surface area contributed by atoms with Crippen LogP contribution in [-0.4, -0.2) is 29.1 Å². The Bertz CT molecular complexity index is 550. The van der Waals surface area contributed by atoms with Gasteiger partial charge >= 0.3 is 0 Å². The maximum absolute atomic E-state index is 12.2. The number of nitro benzene ring substituents is 1. The van der Waals surface area contributed by atoms with Crippen molar-refractivity contribution in [2.75, 3.05) is 13.2 Å². The topological polar surface area (TPSA) is 92.5 Å². The summed E-state index contributed by atoms with van der Waals surface area (Å²) in [5, 5.41) is 23.0. The second-order valence-corrected chi connectivity index (χ2v) is 5.64. The minimum absolute atomic E-state index is 0.0619. The molecule has 7 heteroatoms. The van der Waals surface area contributed by atoms with Gasteiger partial charge < -0.3 is 10.4 Å². The van der Waals surface area contributed by atoms with Crippen molar-refractivity contribution in [3.63, 3.8) is 0 Å². The van der Waals surface area contributed by atoms with Crippen molar-refractivity contribution in [3.8, 4) is 0 Å². The van der Waals surface area contributed by atoms with Crippen molar-refractivity contribution < 1.29 is 14.8 Å². The molecule has 21 heavy (non-hydrogen) atoms. The number of nitrogens with one attached hydrogen (secondary N) is 1. The molecule has 114 valence electrons. The Morgan fingerprint density at radius 2 is 2.14 bits per heavy atom. The number of carbonyl (C=O) groups is 1. The van der Waals surface area contributed by atoms with Gasteiger partial charge in [-0.15, -0.1) is 0 Å². The van der Waals surface area contributed by atoms with Gasteiger partial charge in [0.15, 0.2) is 0 Å². The smallest absolute Gasteiger partial charge is 0.283 e. The van der Waals surface area contributed by atoms with Crippen LogP contribution in [0.15, 0.2) is 18.2 Å². The Morgan fingerprint density at radius 1 is 1.43 bits per heavy atom. The summed E-state index contributed by atoms with van der Waals surface area (Å²) in [6.45, 7) is 0.499. The average molecular weight is 313 g/mol. The summed E-state index contributed by atoms with van der Waals surface area (Å²) in [4.78, 5) is 22.5. The Kier molecular flexibility index (Phi) is 5.14. The fourth-order valence-electron chi connectivity index (χ4n) is 2.82. The molecule has 1 saturated carbocycles. The van der Waals surface area contributed by atoms with Gasteiger partial charge in [-0.3, -0.25) is 14.9 Å². The molecule has 1 amide bonds. The third kappa shape index (κ3) is 3.51. The predicted octanol–water partition coefficient (Wildman–Crippen LogP) is 2.39. The maximum Gasteiger partial charge on any atom is 0.283 e. The largest absolute Gasteiger partial charge is 0.396 e. The van der Waals surface area contributed by atoms with E-state index in [0.29, 0.717) is 6.54 Å². The molecule has 1 aliphatic rings. The number of hydrogen-bond acceptors (Lipinski definition) is 4. The van der Waals surface area contributed by atoms with Crippen molar-refractivity contribution in [3.05, 3.63) is 38.9 Å². The van der Waals surface area contributed by atoms with E-state index in [4.69, 9.17) is 11.6 Å². The maximum atomic E-state index is 12.2. The van der Waals surface area contributed by atoms with Crippen LogP contribution >= 0.6 is 11.6 Å². The summed E-state index contributed by atoms with van der Waals surface area (Å²) in [5.74, 6) is -0.150. The highest BCUT2D eigenvalue weighted by Gasteiger charge is 2.28. The quantitative estimate of drug-likeness (QED) is 0.645. The lowest BCUT2D eigenvalue weighted by atomic mass is 9.97. The van der Waals surface area contributed by atoms with Gasteiger partial charge in [0, 0.05) is 19.2 Å². The first kappa shape index (κ1) is 15.7. The fourth-order valence-corrected chi connectivity index (χ4v) is 3.08. The highest BCUT2D eigenvalue weighted by molar-refractivity contribution is 6.34. The van der Waals surface area contributed by atoms with E-state index in [2.05, 4.69) is 5.32 Å². The third-order valence-corrected chi connectivity index (χ3v) is 4.31. The summed E-state index contributed by atoms with van der Waals surface area (Å²) < 4.78 is 0. The number of nitrogens with zero attached hydrogens (tertiary/aromatic N) is 1. The molecule has 2 N–H and O–H groups in total. The van der Waals surface area contributed by atoms with Crippen molar-refractivity contribution in [2.24, 2.45) is 11.8 Å². The van der Waals surface area contributed by atoms with Gasteiger partial charge in [0.1, 0.15) is 5.56 Å². The van der Waals surface area contributed by atoms with Crippen LogP contribution in [0, 0.1) is 22.0 Å². The molecule has 1 aromatic rings. The molecule has 0 radical (unpaired) electrons. The van der Waals surface area contributed by atoms with Crippen LogP contribution < -0.4 is 5.32 Å². The lowest BCUT2D eigenvalue weighted by Crippen LogP contribution is -2.32. The molecule has 6 nitrogen and oxygen atoms in total. The van der Waals surface area contributed by atoms with Gasteiger partial charge in [0.25, 0.3) is 11.6 Å². The first-order valence-corrected chi connectivity index (χ1v) is 7.24. The zero-order valence-electron chi connectivity index (χ0n) is 11.4. The fraction of sp³-hybridized carbons (Fsp3) is 0.500. The zero-order chi connectivity index (χ0) is 15.4. The van der Waals surface area contributed by atoms with Crippen molar-refractivity contribution in [2.45, 2.75) is 19.3 Å². The molecule has 2 atom stereocenters. The summed E-state index contributed by atoms with van der Waals surface area (Å²) >= 11 is 5.91. The van der Waals surface area contributed by atoms with Crippen molar-refractivity contribution in [1.82, 2.24) is 5.32 Å². The Morgan fingerprint density at radius 3 is 2.81 bits per heavy atom. The third-order valence-electron chi connectivity index (χ3n) is 3.99. The Hall–Kier alpha value is -1.66. The lowest BCUT2D eigenvalue weighted by molar-refractivity contribution is -0.385. The zero-order valence-corrected chi connectivity index (χ0v) is 12.2. The number of carbonyl (C=O) groups excluding carboxylic acids is 1. The molecular formula is C14H17ClN2O4. The normalized spacial score (nSPS) is 21.2. The molecule has 2 rings (SSSR count). The van der Waals surface area contributed by atoms with E-state index in [0.717, 1.165) is 19.3 Å². The molecule has 2 unspecified atom stereocenters. The summed E-state index contributed by atoms with van der Waals surface area (Å²) in [7, 11) is 0. The summed E-state index contributed by atoms with van der Waals surface area (Å²) in [6, 6.07) is 4.15. The summed E-state index contributed by atoms with van der Waals surface area (Å²) in [5.41, 5.74) is -0.409. The number of benzene rings is 1. The molecule has 0 aliphatic heterocycles. The number of halogens is 1. The SMILES string of the molecule is O=C(NCC1CCCC1CO)c1c(Cl)cccc1[N+](=O)[O-]. The lowest BCUT2D eigenvalue weighted by Gasteiger charge is -2.18. The molecular weight excluding hydrogens is 296 g/mol. The van der Waals surface area contributed by atoms with Gasteiger partial charge in [-0.1, -0.05) is 24.1 Å². The van der Waals surface area contributed by atoms with Gasteiger partial charge in [-0.2, -0.15) is 0 Å². The highest BCUT2D eigenvalue weighted by Crippen LogP contribution is 2.31. The van der Waals surface area contributed by atoms with Gasteiger partial charge in [0.05, 0.1) is 9.95 Å². The van der Waals surface area contributed by atoms with Gasteiger partial charge in [-0.05, 0) is 30.7 Å². The Balaban J connectivity index is 2.09. The van der Waals surface area contributed by atoms with Crippen LogP contribution in [0.1, 0.15) is 29.6 Å². The first-order chi connectivity index (χ1) is 10.0. The van der Waals surface area contributed by atoms with Crippen LogP contribution in [0.25, 0.3) is 0 Å². The van der Waals surface area contributed by atoms with Gasteiger partial charge in [0.2, 0.25) is 0 Å². The molecule has 0 bridgehead atoms. The number of aliphatic hydroxyl groups excluding tert-OH is 1. The molecule has 0 spiro atoms. The number of hydrogen-bond donors (Lipinski definition) is 2. The standard InChI is InChI=1S/C14H17ClN2O4/c15-11-5-2-6-12(17(20)21)13(11)14(19)16-7-9-3-1-4-10(9)8-18/h2,5-6,9-10,18H,1,3-4,7-8H2,(H,16,19). The van der Waals surface area contributed by atoms with E-state index in [9.17, 15) is 20.0 Å². The minimum Gasteiger partial charge on any atom is -0.396 e. The van der Waals surface area contributed by atoms with E-state index in [-0.39, 0.29) is 34.7 Å². The molecule has 1 fully saturated rings. The Labute approximate surface area is 127 Å². The predicted molar refractivity (Wildman–Crippen MR) is 78.4 cm³/mol. The van der Waals surface area contributed by atoms with E-state index in [1.165, 1.54) is 18.2 Å². The van der Waals surface area contributed by atoms with E-state index in [1.54, 1.807) is 0 Å². The monoisotopic (exact) mass is 312 g/mol. The van der Waals surface area contributed by atoms with Gasteiger partial charge in [-0.25, -0.2) is 0 Å². The van der Waals surface area contributed by atoms with Crippen LogP contribution in [0.3, 0.4) is 0 Å². The number of aliphatic hydroxyl groups is 1. The van der Waals surface area contributed by atoms with Crippen LogP contribution in [0.2, 0.25) is 5.02 Å². The number of rotatable bonds is 5. The number of amides is 1. The van der Waals surface area contributed by atoms with Crippen molar-refractivity contribution in [1.29, 1.82) is 0 Å². The van der Waals surface area contributed by atoms with Crippen LogP contribution in [0.4, 0.5) is 5.69 Å². The second-order valence-electron chi connectivity index (χ2n) is 5.23. The van der Waals surface area contributed by atoms with Crippen LogP contribution in [0.5, 0.6) is 0 Å². The van der Waals surface area contributed by atoms with E-state index < -0.39 is 10.8 Å². The van der Waals surface area contributed by atoms with E-state index >= 15 is 0 Å². The number of nitro groups is 1. The second kappa shape index (κ2) is 6.87. The van der Waals surface area contributed by atoms with Crippen molar-refractivity contribution >= 4 is 23.2 Å². The molecule has 1 aliphatic carbocycles. The molecule has 1 aromatic carbocycles. The van der Waals surface area contributed by atoms with E-state index in [1.807, 2.05) is 0 Å². The van der Waals surface area contributed by atoms with Crippen LogP contribution in [-0.2, 0) is 0 Å². The average Bonchev–Trinajstić information content (AvgIpc) is 2.91. The molecule has 0 saturated heterocycles. The molecule has 0 heterocycles. The first-order valence-electron chi connectivity index (χ1n) is 6.86. The highest BCUT2D eigenvalue weighted by atomic mass is 35.5. The minimum atomic E-state index is -0.618.